The Morgan fingerprint density at radius 3 is 2.67 bits per heavy atom. The fourth-order valence-electron chi connectivity index (χ4n) is 1.84. The quantitative estimate of drug-likeness (QED) is 0.458. The molecule has 1 amide bonds. The lowest BCUT2D eigenvalue weighted by atomic mass is 10.1. The van der Waals surface area contributed by atoms with Crippen LogP contribution in [0.15, 0.2) is 34.3 Å². The Labute approximate surface area is 140 Å². The summed E-state index contributed by atoms with van der Waals surface area (Å²) in [6.45, 7) is 3.93. The second-order valence-corrected chi connectivity index (χ2v) is 6.70. The molecule has 0 saturated heterocycles. The Morgan fingerprint density at radius 1 is 1.38 bits per heavy atom. The Bertz CT molecular complexity index is 707. The van der Waals surface area contributed by atoms with Gasteiger partial charge in [-0.2, -0.15) is 0 Å². The van der Waals surface area contributed by atoms with Crippen LogP contribution in [0, 0.1) is 17.4 Å². The Hall–Kier alpha value is -1.35. The SMILES string of the molecule is Cc1cc(I)cc(C)c1NC(=O)CSc1nccc(=O)[nH]1. The van der Waals surface area contributed by atoms with Gasteiger partial charge in [-0.3, -0.25) is 9.59 Å². The Kier molecular flexibility index (Phi) is 5.40. The van der Waals surface area contributed by atoms with Gasteiger partial charge in [0, 0.05) is 21.5 Å². The van der Waals surface area contributed by atoms with Crippen molar-refractivity contribution in [3.05, 3.63) is 49.4 Å². The summed E-state index contributed by atoms with van der Waals surface area (Å²) >= 11 is 3.45. The molecule has 0 aliphatic carbocycles. The van der Waals surface area contributed by atoms with Gasteiger partial charge >= 0.3 is 0 Å². The number of H-pyrrole nitrogens is 1. The summed E-state index contributed by atoms with van der Waals surface area (Å²) in [6, 6.07) is 5.38. The van der Waals surface area contributed by atoms with Gasteiger partial charge in [0.25, 0.3) is 5.56 Å². The second kappa shape index (κ2) is 7.08. The predicted octanol–water partition coefficient (Wildman–Crippen LogP) is 2.72. The zero-order valence-electron chi connectivity index (χ0n) is 11.6. The molecule has 0 saturated carbocycles. The number of aromatic amines is 1. The summed E-state index contributed by atoms with van der Waals surface area (Å²) in [7, 11) is 0. The number of carbonyl (C=O) groups is 1. The van der Waals surface area contributed by atoms with E-state index in [0.29, 0.717) is 5.16 Å². The first kappa shape index (κ1) is 16.0. The third kappa shape index (κ3) is 4.57. The molecule has 0 unspecified atom stereocenters. The molecule has 0 spiro atoms. The molecule has 1 aromatic heterocycles. The van der Waals surface area contributed by atoms with Crippen LogP contribution in [0.3, 0.4) is 0 Å². The summed E-state index contributed by atoms with van der Waals surface area (Å²) in [6.07, 6.45) is 1.42. The van der Waals surface area contributed by atoms with E-state index in [0.717, 1.165) is 20.4 Å². The third-order valence-corrected chi connectivity index (χ3v) is 4.26. The van der Waals surface area contributed by atoms with Crippen LogP contribution in [0.5, 0.6) is 0 Å². The van der Waals surface area contributed by atoms with Crippen LogP contribution >= 0.6 is 34.4 Å². The molecule has 2 aromatic rings. The molecular weight excluding hydrogens is 401 g/mol. The molecule has 7 heteroatoms. The third-order valence-electron chi connectivity index (χ3n) is 2.75. The van der Waals surface area contributed by atoms with E-state index in [-0.39, 0.29) is 17.2 Å². The van der Waals surface area contributed by atoms with Gasteiger partial charge in [-0.05, 0) is 59.7 Å². The highest BCUT2D eigenvalue weighted by molar-refractivity contribution is 14.1. The number of thioether (sulfide) groups is 1. The number of halogens is 1. The summed E-state index contributed by atoms with van der Waals surface area (Å²) < 4.78 is 1.14. The normalized spacial score (nSPS) is 10.4. The Balaban J connectivity index is 2.01. The lowest BCUT2D eigenvalue weighted by Gasteiger charge is -2.12. The molecule has 2 N–H and O–H groups in total. The number of hydrogen-bond donors (Lipinski definition) is 2. The molecule has 0 aliphatic heterocycles. The van der Waals surface area contributed by atoms with Gasteiger partial charge in [0.05, 0.1) is 5.75 Å². The molecule has 1 aromatic carbocycles. The zero-order chi connectivity index (χ0) is 15.4. The van der Waals surface area contributed by atoms with Crippen LogP contribution in [0.25, 0.3) is 0 Å². The zero-order valence-corrected chi connectivity index (χ0v) is 14.5. The van der Waals surface area contributed by atoms with Crippen LogP contribution in [0.4, 0.5) is 5.69 Å². The standard InChI is InChI=1S/C14H14IN3O2S/c1-8-5-10(15)6-9(2)13(8)17-12(20)7-21-14-16-4-3-11(19)18-14/h3-6H,7H2,1-2H3,(H,17,20)(H,16,18,19). The van der Waals surface area contributed by atoms with E-state index in [1.165, 1.54) is 24.0 Å². The van der Waals surface area contributed by atoms with E-state index in [4.69, 9.17) is 0 Å². The van der Waals surface area contributed by atoms with Crippen molar-refractivity contribution >= 4 is 45.9 Å². The second-order valence-electron chi connectivity index (χ2n) is 4.49. The van der Waals surface area contributed by atoms with Crippen molar-refractivity contribution < 1.29 is 4.79 Å². The topological polar surface area (TPSA) is 74.8 Å². The van der Waals surface area contributed by atoms with Crippen molar-refractivity contribution in [3.63, 3.8) is 0 Å². The van der Waals surface area contributed by atoms with Crippen LogP contribution in [0.2, 0.25) is 0 Å². The first-order valence-corrected chi connectivity index (χ1v) is 8.27. The van der Waals surface area contributed by atoms with E-state index in [9.17, 15) is 9.59 Å². The number of amides is 1. The largest absolute Gasteiger partial charge is 0.325 e. The fraction of sp³-hybridized carbons (Fsp3) is 0.214. The number of hydrogen-bond acceptors (Lipinski definition) is 4. The number of aryl methyl sites for hydroxylation is 2. The van der Waals surface area contributed by atoms with E-state index in [1.807, 2.05) is 26.0 Å². The van der Waals surface area contributed by atoms with Gasteiger partial charge in [-0.1, -0.05) is 11.8 Å². The number of anilines is 1. The number of carbonyl (C=O) groups excluding carboxylic acids is 1. The number of rotatable bonds is 4. The molecule has 21 heavy (non-hydrogen) atoms. The summed E-state index contributed by atoms with van der Waals surface area (Å²) in [4.78, 5) is 29.7. The van der Waals surface area contributed by atoms with Crippen LogP contribution in [-0.4, -0.2) is 21.6 Å². The van der Waals surface area contributed by atoms with Gasteiger partial charge in [0.1, 0.15) is 0 Å². The average molecular weight is 415 g/mol. The van der Waals surface area contributed by atoms with Crippen LogP contribution < -0.4 is 10.9 Å². The first-order valence-electron chi connectivity index (χ1n) is 6.20. The van der Waals surface area contributed by atoms with Gasteiger partial charge in [-0.25, -0.2) is 4.98 Å². The fourth-order valence-corrected chi connectivity index (χ4v) is 3.42. The van der Waals surface area contributed by atoms with Crippen molar-refractivity contribution in [1.29, 1.82) is 0 Å². The molecule has 0 radical (unpaired) electrons. The molecule has 2 rings (SSSR count). The van der Waals surface area contributed by atoms with Crippen molar-refractivity contribution in [2.45, 2.75) is 19.0 Å². The summed E-state index contributed by atoms with van der Waals surface area (Å²) in [5.41, 5.74) is 2.68. The number of aromatic nitrogens is 2. The maximum absolute atomic E-state index is 12.0. The maximum atomic E-state index is 12.0. The smallest absolute Gasteiger partial charge is 0.251 e. The number of nitrogens with zero attached hydrogens (tertiary/aromatic N) is 1. The maximum Gasteiger partial charge on any atom is 0.251 e. The van der Waals surface area contributed by atoms with Crippen molar-refractivity contribution in [2.24, 2.45) is 0 Å². The minimum atomic E-state index is -0.225. The van der Waals surface area contributed by atoms with E-state index < -0.39 is 0 Å². The van der Waals surface area contributed by atoms with Gasteiger partial charge in [-0.15, -0.1) is 0 Å². The van der Waals surface area contributed by atoms with Crippen molar-refractivity contribution in [1.82, 2.24) is 9.97 Å². The average Bonchev–Trinajstić information content (AvgIpc) is 2.40. The predicted molar refractivity (Wildman–Crippen MR) is 92.8 cm³/mol. The molecule has 0 atom stereocenters. The monoisotopic (exact) mass is 415 g/mol. The lowest BCUT2D eigenvalue weighted by molar-refractivity contribution is -0.113. The van der Waals surface area contributed by atoms with Crippen molar-refractivity contribution in [2.75, 3.05) is 11.1 Å². The lowest BCUT2D eigenvalue weighted by Crippen LogP contribution is -2.16. The molecule has 110 valence electrons. The summed E-state index contributed by atoms with van der Waals surface area (Å²) in [5, 5.41) is 3.35. The van der Waals surface area contributed by atoms with Crippen LogP contribution in [-0.2, 0) is 4.79 Å². The molecule has 0 aliphatic rings. The number of benzene rings is 1. The van der Waals surface area contributed by atoms with Crippen molar-refractivity contribution in [3.8, 4) is 0 Å². The van der Waals surface area contributed by atoms with Gasteiger partial charge in [0.15, 0.2) is 5.16 Å². The van der Waals surface area contributed by atoms with Crippen LogP contribution in [0.1, 0.15) is 11.1 Å². The van der Waals surface area contributed by atoms with Gasteiger partial charge < -0.3 is 10.3 Å². The molecular formula is C14H14IN3O2S. The van der Waals surface area contributed by atoms with E-state index in [2.05, 4.69) is 37.9 Å². The Morgan fingerprint density at radius 2 is 2.05 bits per heavy atom. The number of nitrogens with one attached hydrogen (secondary N) is 2. The van der Waals surface area contributed by atoms with Gasteiger partial charge in [0.2, 0.25) is 5.91 Å². The highest BCUT2D eigenvalue weighted by atomic mass is 127. The first-order chi connectivity index (χ1) is 9.95. The molecule has 1 heterocycles. The van der Waals surface area contributed by atoms with E-state index in [1.54, 1.807) is 0 Å². The summed E-state index contributed by atoms with van der Waals surface area (Å²) in [5.74, 6) is 0.0663. The minimum absolute atomic E-state index is 0.126. The minimum Gasteiger partial charge on any atom is -0.325 e. The molecule has 0 fully saturated rings. The molecule has 5 nitrogen and oxygen atoms in total. The molecule has 0 bridgehead atoms. The highest BCUT2D eigenvalue weighted by Gasteiger charge is 2.09. The van der Waals surface area contributed by atoms with E-state index >= 15 is 0 Å². The highest BCUT2D eigenvalue weighted by Crippen LogP contribution is 2.23.